The molecule has 0 unspecified atom stereocenters. The number of nitrogens with zero attached hydrogens (tertiary/aromatic N) is 2. The number of amides is 1. The summed E-state index contributed by atoms with van der Waals surface area (Å²) < 4.78 is 11.0. The van der Waals surface area contributed by atoms with Crippen molar-refractivity contribution >= 4 is 23.4 Å². The first kappa shape index (κ1) is 19.7. The summed E-state index contributed by atoms with van der Waals surface area (Å²) in [6.07, 6.45) is 4.95. The third-order valence-corrected chi connectivity index (χ3v) is 4.95. The molecule has 0 spiro atoms. The van der Waals surface area contributed by atoms with Gasteiger partial charge in [0, 0.05) is 41.7 Å². The second-order valence-electron chi connectivity index (χ2n) is 5.74. The molecule has 3 rings (SSSR count). The van der Waals surface area contributed by atoms with Crippen LogP contribution in [0.4, 0.5) is 5.69 Å². The molecule has 1 aromatic carbocycles. The molecule has 0 saturated carbocycles. The highest BCUT2D eigenvalue weighted by Gasteiger charge is 2.14. The molecule has 0 aliphatic heterocycles. The van der Waals surface area contributed by atoms with E-state index in [9.17, 15) is 4.79 Å². The molecule has 6 nitrogen and oxygen atoms in total. The van der Waals surface area contributed by atoms with Gasteiger partial charge in [-0.05, 0) is 37.3 Å². The van der Waals surface area contributed by atoms with E-state index in [1.54, 1.807) is 50.0 Å². The van der Waals surface area contributed by atoms with Crippen molar-refractivity contribution in [2.75, 3.05) is 19.0 Å². The normalized spacial score (nSPS) is 10.4. The Labute approximate surface area is 168 Å². The summed E-state index contributed by atoms with van der Waals surface area (Å²) in [6.45, 7) is 2.50. The van der Waals surface area contributed by atoms with E-state index in [4.69, 9.17) is 9.47 Å². The molecular formula is C21H21N3O3S. The molecule has 28 heavy (non-hydrogen) atoms. The Hall–Kier alpha value is -3.06. The molecule has 0 aliphatic carbocycles. The number of rotatable bonds is 8. The van der Waals surface area contributed by atoms with Crippen molar-refractivity contribution < 1.29 is 14.3 Å². The topological polar surface area (TPSA) is 73.3 Å². The fraction of sp³-hybridized carbons (Fsp3) is 0.190. The van der Waals surface area contributed by atoms with Gasteiger partial charge in [0.15, 0.2) is 0 Å². The van der Waals surface area contributed by atoms with Gasteiger partial charge in [-0.2, -0.15) is 0 Å². The van der Waals surface area contributed by atoms with Crippen LogP contribution in [0.15, 0.2) is 66.1 Å². The van der Waals surface area contributed by atoms with Gasteiger partial charge in [-0.15, -0.1) is 11.8 Å². The third kappa shape index (κ3) is 5.01. The first-order valence-corrected chi connectivity index (χ1v) is 9.78. The van der Waals surface area contributed by atoms with Gasteiger partial charge >= 0.3 is 0 Å². The maximum absolute atomic E-state index is 12.7. The molecule has 3 aromatic rings. The van der Waals surface area contributed by atoms with Crippen LogP contribution in [0.1, 0.15) is 22.8 Å². The van der Waals surface area contributed by atoms with Crippen LogP contribution in [0.25, 0.3) is 0 Å². The lowest BCUT2D eigenvalue weighted by Crippen LogP contribution is -2.13. The van der Waals surface area contributed by atoms with Crippen molar-refractivity contribution in [3.05, 3.63) is 72.2 Å². The molecule has 2 aromatic heterocycles. The summed E-state index contributed by atoms with van der Waals surface area (Å²) in [5.74, 6) is 1.92. The molecular weight excluding hydrogens is 374 g/mol. The van der Waals surface area contributed by atoms with Gasteiger partial charge < -0.3 is 14.8 Å². The van der Waals surface area contributed by atoms with Crippen LogP contribution < -0.4 is 14.8 Å². The predicted octanol–water partition coefficient (Wildman–Crippen LogP) is 4.43. The van der Waals surface area contributed by atoms with Crippen molar-refractivity contribution in [3.8, 4) is 11.5 Å². The summed E-state index contributed by atoms with van der Waals surface area (Å²) in [4.78, 5) is 21.0. The molecule has 7 heteroatoms. The van der Waals surface area contributed by atoms with E-state index in [1.807, 2.05) is 25.1 Å². The lowest BCUT2D eigenvalue weighted by atomic mass is 10.2. The zero-order valence-electron chi connectivity index (χ0n) is 15.7. The zero-order valence-corrected chi connectivity index (χ0v) is 16.5. The fourth-order valence-corrected chi connectivity index (χ4v) is 3.51. The van der Waals surface area contributed by atoms with E-state index >= 15 is 0 Å². The molecule has 144 valence electrons. The smallest absolute Gasteiger partial charge is 0.258 e. The van der Waals surface area contributed by atoms with Crippen molar-refractivity contribution in [2.24, 2.45) is 0 Å². The summed E-state index contributed by atoms with van der Waals surface area (Å²) in [5.41, 5.74) is 2.23. The SMILES string of the molecule is CCOc1cc(OC)ccc1CSc1ncccc1C(=O)Nc1ccncc1. The minimum absolute atomic E-state index is 0.207. The number of hydrogen-bond donors (Lipinski definition) is 1. The van der Waals surface area contributed by atoms with Gasteiger partial charge in [0.05, 0.1) is 19.3 Å². The number of nitrogens with one attached hydrogen (secondary N) is 1. The van der Waals surface area contributed by atoms with E-state index in [1.165, 1.54) is 11.8 Å². The number of methoxy groups -OCH3 is 1. The molecule has 0 aliphatic rings. The van der Waals surface area contributed by atoms with Gasteiger partial charge in [-0.3, -0.25) is 9.78 Å². The number of hydrogen-bond acceptors (Lipinski definition) is 6. The minimum atomic E-state index is -0.207. The maximum Gasteiger partial charge on any atom is 0.258 e. The van der Waals surface area contributed by atoms with Gasteiger partial charge in [0.2, 0.25) is 0 Å². The van der Waals surface area contributed by atoms with Crippen molar-refractivity contribution in [2.45, 2.75) is 17.7 Å². The van der Waals surface area contributed by atoms with E-state index in [0.717, 1.165) is 17.1 Å². The summed E-state index contributed by atoms with van der Waals surface area (Å²) in [7, 11) is 1.63. The number of anilines is 1. The van der Waals surface area contributed by atoms with Crippen LogP contribution in [0.5, 0.6) is 11.5 Å². The molecule has 0 atom stereocenters. The summed E-state index contributed by atoms with van der Waals surface area (Å²) in [6, 6.07) is 12.7. The first-order chi connectivity index (χ1) is 13.7. The van der Waals surface area contributed by atoms with Crippen LogP contribution in [0.2, 0.25) is 0 Å². The lowest BCUT2D eigenvalue weighted by Gasteiger charge is -2.13. The largest absolute Gasteiger partial charge is 0.497 e. The Morgan fingerprint density at radius 3 is 2.71 bits per heavy atom. The van der Waals surface area contributed by atoms with Gasteiger partial charge in [0.25, 0.3) is 5.91 Å². The maximum atomic E-state index is 12.7. The standard InChI is InChI=1S/C21H21N3O3S/c1-3-27-19-13-17(26-2)7-6-15(19)14-28-21-18(5-4-10-23-21)20(25)24-16-8-11-22-12-9-16/h4-13H,3,14H2,1-2H3,(H,22,24,25). The molecule has 1 N–H and O–H groups in total. The monoisotopic (exact) mass is 395 g/mol. The number of pyridine rings is 2. The predicted molar refractivity (Wildman–Crippen MR) is 110 cm³/mol. The Kier molecular flexibility index (Phi) is 6.86. The van der Waals surface area contributed by atoms with E-state index in [0.29, 0.717) is 28.6 Å². The average Bonchev–Trinajstić information content (AvgIpc) is 2.74. The van der Waals surface area contributed by atoms with Crippen LogP contribution in [0.3, 0.4) is 0 Å². The minimum Gasteiger partial charge on any atom is -0.497 e. The Balaban J connectivity index is 1.76. The second-order valence-corrected chi connectivity index (χ2v) is 6.71. The zero-order chi connectivity index (χ0) is 19.8. The number of benzene rings is 1. The summed E-state index contributed by atoms with van der Waals surface area (Å²) >= 11 is 1.49. The fourth-order valence-electron chi connectivity index (χ4n) is 2.53. The lowest BCUT2D eigenvalue weighted by molar-refractivity contribution is 0.102. The second kappa shape index (κ2) is 9.75. The van der Waals surface area contributed by atoms with Gasteiger partial charge in [-0.25, -0.2) is 4.98 Å². The van der Waals surface area contributed by atoms with Crippen molar-refractivity contribution in [3.63, 3.8) is 0 Å². The number of ether oxygens (including phenoxy) is 2. The molecule has 0 radical (unpaired) electrons. The number of carbonyl (C=O) groups is 1. The van der Waals surface area contributed by atoms with E-state index < -0.39 is 0 Å². The van der Waals surface area contributed by atoms with Crippen LogP contribution in [-0.2, 0) is 5.75 Å². The molecule has 0 fully saturated rings. The Morgan fingerprint density at radius 2 is 1.96 bits per heavy atom. The Morgan fingerprint density at radius 1 is 1.14 bits per heavy atom. The number of aromatic nitrogens is 2. The highest BCUT2D eigenvalue weighted by Crippen LogP contribution is 2.31. The highest BCUT2D eigenvalue weighted by molar-refractivity contribution is 7.98. The van der Waals surface area contributed by atoms with Gasteiger partial charge in [0.1, 0.15) is 16.5 Å². The molecule has 0 saturated heterocycles. The van der Waals surface area contributed by atoms with Crippen LogP contribution in [0, 0.1) is 0 Å². The number of carbonyl (C=O) groups excluding carboxylic acids is 1. The third-order valence-electron chi connectivity index (χ3n) is 3.89. The molecule has 0 bridgehead atoms. The number of thioether (sulfide) groups is 1. The molecule has 1 amide bonds. The average molecular weight is 395 g/mol. The quantitative estimate of drug-likeness (QED) is 0.569. The van der Waals surface area contributed by atoms with E-state index in [2.05, 4.69) is 15.3 Å². The van der Waals surface area contributed by atoms with Crippen molar-refractivity contribution in [1.29, 1.82) is 0 Å². The molecule has 2 heterocycles. The van der Waals surface area contributed by atoms with Crippen LogP contribution in [-0.4, -0.2) is 29.6 Å². The Bertz CT molecular complexity index is 935. The van der Waals surface area contributed by atoms with Gasteiger partial charge in [-0.1, -0.05) is 6.07 Å². The van der Waals surface area contributed by atoms with Crippen molar-refractivity contribution in [1.82, 2.24) is 9.97 Å². The first-order valence-electron chi connectivity index (χ1n) is 8.80. The van der Waals surface area contributed by atoms with E-state index in [-0.39, 0.29) is 5.91 Å². The summed E-state index contributed by atoms with van der Waals surface area (Å²) in [5, 5.41) is 3.53. The highest BCUT2D eigenvalue weighted by atomic mass is 32.2. The van der Waals surface area contributed by atoms with Crippen LogP contribution >= 0.6 is 11.8 Å².